The molecule has 1 nitrogen and oxygen atoms in total. The lowest BCUT2D eigenvalue weighted by atomic mass is 10.2. The molecule has 0 atom stereocenters. The van der Waals surface area contributed by atoms with E-state index in [2.05, 4.69) is 11.6 Å². The molecule has 1 aromatic rings. The SMILES string of the molecule is C=C/C=C/c1ccnc(Cl)c1F. The fourth-order valence-electron chi connectivity index (χ4n) is 0.732. The summed E-state index contributed by atoms with van der Waals surface area (Å²) in [7, 11) is 0. The third-order valence-electron chi connectivity index (χ3n) is 1.29. The second-order valence-electron chi connectivity index (χ2n) is 2.10. The lowest BCUT2D eigenvalue weighted by Crippen LogP contribution is -1.85. The molecule has 1 rings (SSSR count). The normalized spacial score (nSPS) is 10.5. The molecule has 0 radical (unpaired) electrons. The highest BCUT2D eigenvalue weighted by Gasteiger charge is 2.02. The lowest BCUT2D eigenvalue weighted by molar-refractivity contribution is 0.619. The van der Waals surface area contributed by atoms with Crippen LogP contribution in [0.2, 0.25) is 5.15 Å². The molecule has 0 aromatic carbocycles. The molecule has 0 aliphatic heterocycles. The first-order valence-electron chi connectivity index (χ1n) is 3.35. The summed E-state index contributed by atoms with van der Waals surface area (Å²) in [5, 5.41) is -0.110. The zero-order valence-electron chi connectivity index (χ0n) is 6.30. The maximum atomic E-state index is 13.0. The van der Waals surface area contributed by atoms with Gasteiger partial charge in [0, 0.05) is 11.8 Å². The minimum absolute atomic E-state index is 0.110. The third kappa shape index (κ3) is 1.92. The van der Waals surface area contributed by atoms with Gasteiger partial charge in [-0.3, -0.25) is 0 Å². The Hall–Kier alpha value is -1.15. The largest absolute Gasteiger partial charge is 0.242 e. The first kappa shape index (κ1) is 8.94. The zero-order chi connectivity index (χ0) is 8.97. The number of pyridine rings is 1. The molecule has 0 N–H and O–H groups in total. The fraction of sp³-hybridized carbons (Fsp3) is 0. The minimum atomic E-state index is -0.503. The molecule has 0 fully saturated rings. The summed E-state index contributed by atoms with van der Waals surface area (Å²) >= 11 is 5.45. The van der Waals surface area contributed by atoms with Gasteiger partial charge in [-0.2, -0.15) is 0 Å². The highest BCUT2D eigenvalue weighted by Crippen LogP contribution is 2.15. The van der Waals surface area contributed by atoms with Crippen LogP contribution in [0.1, 0.15) is 5.56 Å². The van der Waals surface area contributed by atoms with Gasteiger partial charge in [0.05, 0.1) is 0 Å². The van der Waals surface area contributed by atoms with Crippen LogP contribution < -0.4 is 0 Å². The topological polar surface area (TPSA) is 12.9 Å². The van der Waals surface area contributed by atoms with E-state index in [4.69, 9.17) is 11.6 Å². The smallest absolute Gasteiger partial charge is 0.167 e. The first-order valence-corrected chi connectivity index (χ1v) is 3.72. The number of allylic oxidation sites excluding steroid dienone is 2. The van der Waals surface area contributed by atoms with Crippen molar-refractivity contribution in [3.8, 4) is 0 Å². The Morgan fingerprint density at radius 2 is 2.33 bits per heavy atom. The van der Waals surface area contributed by atoms with Crippen LogP contribution in [0, 0.1) is 5.82 Å². The highest BCUT2D eigenvalue weighted by atomic mass is 35.5. The maximum absolute atomic E-state index is 13.0. The molecular formula is C9H7ClFN. The Morgan fingerprint density at radius 3 is 3.00 bits per heavy atom. The van der Waals surface area contributed by atoms with E-state index in [1.165, 1.54) is 6.20 Å². The molecular weight excluding hydrogens is 177 g/mol. The lowest BCUT2D eigenvalue weighted by Gasteiger charge is -1.96. The predicted octanol–water partition coefficient (Wildman–Crippen LogP) is 3.07. The molecule has 1 aromatic heterocycles. The van der Waals surface area contributed by atoms with Crippen LogP contribution in [0.5, 0.6) is 0 Å². The van der Waals surface area contributed by atoms with Crippen LogP contribution in [0.4, 0.5) is 4.39 Å². The zero-order valence-corrected chi connectivity index (χ0v) is 7.05. The van der Waals surface area contributed by atoms with Gasteiger partial charge >= 0.3 is 0 Å². The molecule has 12 heavy (non-hydrogen) atoms. The molecule has 1 heterocycles. The van der Waals surface area contributed by atoms with Crippen molar-refractivity contribution >= 4 is 17.7 Å². The summed E-state index contributed by atoms with van der Waals surface area (Å²) < 4.78 is 13.0. The second-order valence-corrected chi connectivity index (χ2v) is 2.46. The summed E-state index contributed by atoms with van der Waals surface area (Å²) in [5.41, 5.74) is 0.412. The van der Waals surface area contributed by atoms with Crippen LogP contribution >= 0.6 is 11.6 Å². The number of halogens is 2. The van der Waals surface area contributed by atoms with Crippen molar-refractivity contribution < 1.29 is 4.39 Å². The van der Waals surface area contributed by atoms with E-state index >= 15 is 0 Å². The van der Waals surface area contributed by atoms with E-state index in [1.54, 1.807) is 24.3 Å². The minimum Gasteiger partial charge on any atom is -0.242 e. The molecule has 0 spiro atoms. The number of hydrogen-bond acceptors (Lipinski definition) is 1. The molecule has 0 amide bonds. The number of rotatable bonds is 2. The van der Waals surface area contributed by atoms with Gasteiger partial charge in [-0.15, -0.1) is 0 Å². The Morgan fingerprint density at radius 1 is 1.58 bits per heavy atom. The van der Waals surface area contributed by atoms with Crippen molar-refractivity contribution in [3.05, 3.63) is 47.5 Å². The number of nitrogens with zero attached hydrogens (tertiary/aromatic N) is 1. The summed E-state index contributed by atoms with van der Waals surface area (Å²) in [5.74, 6) is -0.503. The highest BCUT2D eigenvalue weighted by molar-refractivity contribution is 6.29. The Bertz CT molecular complexity index is 320. The van der Waals surface area contributed by atoms with Gasteiger partial charge in [-0.05, 0) is 6.07 Å². The monoisotopic (exact) mass is 183 g/mol. The van der Waals surface area contributed by atoms with E-state index < -0.39 is 5.82 Å². The van der Waals surface area contributed by atoms with E-state index in [1.807, 2.05) is 0 Å². The number of hydrogen-bond donors (Lipinski definition) is 0. The molecule has 0 bridgehead atoms. The molecule has 62 valence electrons. The third-order valence-corrected chi connectivity index (χ3v) is 1.55. The molecule has 0 unspecified atom stereocenters. The molecule has 0 saturated carbocycles. The van der Waals surface area contributed by atoms with Crippen LogP contribution in [-0.4, -0.2) is 4.98 Å². The van der Waals surface area contributed by atoms with Crippen LogP contribution in [0.15, 0.2) is 31.0 Å². The Labute approximate surface area is 75.2 Å². The van der Waals surface area contributed by atoms with Gasteiger partial charge < -0.3 is 0 Å². The summed E-state index contributed by atoms with van der Waals surface area (Å²) in [6.07, 6.45) is 6.23. The second kappa shape index (κ2) is 4.02. The molecule has 0 aliphatic rings. The van der Waals surface area contributed by atoms with Crippen molar-refractivity contribution in [3.63, 3.8) is 0 Å². The average molecular weight is 184 g/mol. The van der Waals surface area contributed by atoms with Crippen molar-refractivity contribution in [1.82, 2.24) is 4.98 Å². The predicted molar refractivity (Wildman–Crippen MR) is 48.4 cm³/mol. The Balaban J connectivity index is 3.07. The first-order chi connectivity index (χ1) is 5.75. The summed E-state index contributed by atoms with van der Waals surface area (Å²) in [4.78, 5) is 3.58. The fourth-order valence-corrected chi connectivity index (χ4v) is 0.898. The van der Waals surface area contributed by atoms with E-state index in [-0.39, 0.29) is 5.15 Å². The van der Waals surface area contributed by atoms with E-state index in [0.717, 1.165) is 0 Å². The van der Waals surface area contributed by atoms with Crippen LogP contribution in [-0.2, 0) is 0 Å². The number of aromatic nitrogens is 1. The van der Waals surface area contributed by atoms with Crippen molar-refractivity contribution in [2.75, 3.05) is 0 Å². The maximum Gasteiger partial charge on any atom is 0.167 e. The van der Waals surface area contributed by atoms with Crippen LogP contribution in [0.25, 0.3) is 6.08 Å². The van der Waals surface area contributed by atoms with E-state index in [9.17, 15) is 4.39 Å². The summed E-state index contributed by atoms with van der Waals surface area (Å²) in [6, 6.07) is 1.54. The Kier molecular flexibility index (Phi) is 3.00. The molecule has 0 aliphatic carbocycles. The molecule has 0 saturated heterocycles. The quantitative estimate of drug-likeness (QED) is 0.507. The van der Waals surface area contributed by atoms with Crippen molar-refractivity contribution in [2.24, 2.45) is 0 Å². The van der Waals surface area contributed by atoms with Gasteiger partial charge in [-0.25, -0.2) is 9.37 Å². The van der Waals surface area contributed by atoms with Gasteiger partial charge in [0.25, 0.3) is 0 Å². The standard InChI is InChI=1S/C9H7ClFN/c1-2-3-4-7-5-6-12-9(10)8(7)11/h2-6H,1H2/b4-3+. The van der Waals surface area contributed by atoms with Gasteiger partial charge in [0.1, 0.15) is 0 Å². The van der Waals surface area contributed by atoms with Crippen LogP contribution in [0.3, 0.4) is 0 Å². The average Bonchev–Trinajstić information content (AvgIpc) is 2.08. The van der Waals surface area contributed by atoms with E-state index in [0.29, 0.717) is 5.56 Å². The summed E-state index contributed by atoms with van der Waals surface area (Å²) in [6.45, 7) is 3.47. The molecule has 3 heteroatoms. The van der Waals surface area contributed by atoms with Crippen molar-refractivity contribution in [1.29, 1.82) is 0 Å². The van der Waals surface area contributed by atoms with Gasteiger partial charge in [-0.1, -0.05) is 36.4 Å². The van der Waals surface area contributed by atoms with Gasteiger partial charge in [0.15, 0.2) is 11.0 Å². The van der Waals surface area contributed by atoms with Gasteiger partial charge in [0.2, 0.25) is 0 Å². The van der Waals surface area contributed by atoms with Crippen molar-refractivity contribution in [2.45, 2.75) is 0 Å².